The number of rotatable bonds is 3. The van der Waals surface area contributed by atoms with Crippen LogP contribution in [0.3, 0.4) is 0 Å². The predicted octanol–water partition coefficient (Wildman–Crippen LogP) is 1.61. The van der Waals surface area contributed by atoms with Crippen molar-refractivity contribution < 1.29 is 9.59 Å². The highest BCUT2D eigenvalue weighted by atomic mass is 16.2. The third-order valence-electron chi connectivity index (χ3n) is 5.46. The van der Waals surface area contributed by atoms with Crippen LogP contribution in [0.4, 0.5) is 0 Å². The quantitative estimate of drug-likeness (QED) is 0.787. The Morgan fingerprint density at radius 2 is 1.50 bits per heavy atom. The minimum atomic E-state index is -0.393. The molecule has 2 atom stereocenters. The Morgan fingerprint density at radius 3 is 1.95 bits per heavy atom. The summed E-state index contributed by atoms with van der Waals surface area (Å²) >= 11 is 0. The van der Waals surface area contributed by atoms with Gasteiger partial charge in [0.25, 0.3) is 0 Å². The molecule has 0 unspecified atom stereocenters. The van der Waals surface area contributed by atoms with Gasteiger partial charge in [0.1, 0.15) is 0 Å². The molecule has 4 heteroatoms. The summed E-state index contributed by atoms with van der Waals surface area (Å²) in [5, 5.41) is 0. The Bertz CT molecular complexity index is 436. The Morgan fingerprint density at radius 1 is 1.00 bits per heavy atom. The van der Waals surface area contributed by atoms with Crippen molar-refractivity contribution in [1.29, 1.82) is 0 Å². The topological polar surface area (TPSA) is 40.6 Å². The van der Waals surface area contributed by atoms with Gasteiger partial charge in [-0.25, -0.2) is 0 Å². The monoisotopic (exact) mass is 278 g/mol. The van der Waals surface area contributed by atoms with Gasteiger partial charge in [0.2, 0.25) is 11.8 Å². The molecule has 0 spiro atoms. The lowest BCUT2D eigenvalue weighted by Gasteiger charge is -2.41. The van der Waals surface area contributed by atoms with Crippen molar-refractivity contribution in [1.82, 2.24) is 9.80 Å². The zero-order valence-electron chi connectivity index (χ0n) is 13.1. The number of amides is 2. The fraction of sp³-hybridized carbons (Fsp3) is 0.875. The third-order valence-corrected chi connectivity index (χ3v) is 5.46. The zero-order valence-corrected chi connectivity index (χ0v) is 13.1. The highest BCUT2D eigenvalue weighted by Crippen LogP contribution is 2.60. The molecule has 2 heterocycles. The van der Waals surface area contributed by atoms with E-state index in [1.165, 1.54) is 0 Å². The molecule has 3 fully saturated rings. The number of hydrogen-bond acceptors (Lipinski definition) is 2. The van der Waals surface area contributed by atoms with E-state index in [0.717, 1.165) is 32.6 Å². The van der Waals surface area contributed by atoms with Crippen LogP contribution in [0.25, 0.3) is 0 Å². The molecule has 112 valence electrons. The molecule has 2 aliphatic heterocycles. The summed E-state index contributed by atoms with van der Waals surface area (Å²) in [5.41, 5.74) is -0.393. The SMILES string of the molecule is CC1CN(C(=O)[C@@H]2C[C@@]2(C(=O)N2CC(C)C2)C(C)C)C1. The van der Waals surface area contributed by atoms with Gasteiger partial charge in [-0.05, 0) is 24.2 Å². The predicted molar refractivity (Wildman–Crippen MR) is 76.9 cm³/mol. The minimum absolute atomic E-state index is 0.0570. The van der Waals surface area contributed by atoms with Gasteiger partial charge < -0.3 is 9.80 Å². The molecule has 0 aromatic carbocycles. The fourth-order valence-corrected chi connectivity index (χ4v) is 3.97. The molecule has 4 nitrogen and oxygen atoms in total. The van der Waals surface area contributed by atoms with Gasteiger partial charge in [0, 0.05) is 26.2 Å². The number of carbonyl (C=O) groups excluding carboxylic acids is 2. The summed E-state index contributed by atoms with van der Waals surface area (Å²) in [7, 11) is 0. The molecule has 0 N–H and O–H groups in total. The normalized spacial score (nSPS) is 34.0. The molecule has 3 rings (SSSR count). The van der Waals surface area contributed by atoms with E-state index in [0.29, 0.717) is 11.8 Å². The van der Waals surface area contributed by atoms with Crippen LogP contribution in [-0.4, -0.2) is 47.8 Å². The van der Waals surface area contributed by atoms with Crippen LogP contribution in [-0.2, 0) is 9.59 Å². The molecule has 0 bridgehead atoms. The van der Waals surface area contributed by atoms with Gasteiger partial charge in [-0.1, -0.05) is 27.7 Å². The van der Waals surface area contributed by atoms with E-state index in [1.807, 2.05) is 9.80 Å². The van der Waals surface area contributed by atoms with Gasteiger partial charge in [0.15, 0.2) is 0 Å². The van der Waals surface area contributed by atoms with E-state index >= 15 is 0 Å². The average molecular weight is 278 g/mol. The Kier molecular flexibility index (Phi) is 3.11. The van der Waals surface area contributed by atoms with E-state index in [4.69, 9.17) is 0 Å². The van der Waals surface area contributed by atoms with Crippen molar-refractivity contribution in [2.45, 2.75) is 34.1 Å². The highest BCUT2D eigenvalue weighted by molar-refractivity contribution is 5.96. The first-order chi connectivity index (χ1) is 9.36. The van der Waals surface area contributed by atoms with Crippen LogP contribution in [0.15, 0.2) is 0 Å². The maximum Gasteiger partial charge on any atom is 0.229 e. The van der Waals surface area contributed by atoms with Gasteiger partial charge in [-0.3, -0.25) is 9.59 Å². The summed E-state index contributed by atoms with van der Waals surface area (Å²) in [6.45, 7) is 12.0. The molecule has 1 saturated carbocycles. The van der Waals surface area contributed by atoms with Crippen molar-refractivity contribution >= 4 is 11.8 Å². The summed E-state index contributed by atoms with van der Waals surface area (Å²) in [5.74, 6) is 1.89. The first-order valence-electron chi connectivity index (χ1n) is 7.94. The molecule has 1 aliphatic carbocycles. The van der Waals surface area contributed by atoms with Crippen molar-refractivity contribution in [2.75, 3.05) is 26.2 Å². The van der Waals surface area contributed by atoms with Gasteiger partial charge in [0.05, 0.1) is 11.3 Å². The standard InChI is InChI=1S/C16H26N2O2/c1-10(2)16(15(20)18-8-12(4)9-18)5-13(16)14(19)17-6-11(3)7-17/h10-13H,5-9H2,1-4H3/t13-,16+/m0/s1. The zero-order chi connectivity index (χ0) is 14.7. The van der Waals surface area contributed by atoms with Gasteiger partial charge >= 0.3 is 0 Å². The molecule has 2 saturated heterocycles. The van der Waals surface area contributed by atoms with E-state index in [2.05, 4.69) is 27.7 Å². The summed E-state index contributed by atoms with van der Waals surface area (Å²) in [4.78, 5) is 29.2. The summed E-state index contributed by atoms with van der Waals surface area (Å²) in [6, 6.07) is 0. The van der Waals surface area contributed by atoms with Gasteiger partial charge in [-0.2, -0.15) is 0 Å². The fourth-order valence-electron chi connectivity index (χ4n) is 3.97. The molecular weight excluding hydrogens is 252 g/mol. The second-order valence-corrected chi connectivity index (χ2v) is 7.62. The number of likely N-dealkylation sites (tertiary alicyclic amines) is 2. The van der Waals surface area contributed by atoms with E-state index < -0.39 is 5.41 Å². The number of hydrogen-bond donors (Lipinski definition) is 0. The number of carbonyl (C=O) groups is 2. The van der Waals surface area contributed by atoms with Crippen LogP contribution >= 0.6 is 0 Å². The smallest absolute Gasteiger partial charge is 0.229 e. The van der Waals surface area contributed by atoms with E-state index in [-0.39, 0.29) is 23.7 Å². The highest BCUT2D eigenvalue weighted by Gasteiger charge is 2.67. The Labute approximate surface area is 121 Å². The molecule has 0 aromatic rings. The van der Waals surface area contributed by atoms with E-state index in [9.17, 15) is 9.59 Å². The van der Waals surface area contributed by atoms with Crippen LogP contribution < -0.4 is 0 Å². The first kappa shape index (κ1) is 13.9. The van der Waals surface area contributed by atoms with Crippen LogP contribution in [0.2, 0.25) is 0 Å². The first-order valence-corrected chi connectivity index (χ1v) is 7.94. The lowest BCUT2D eigenvalue weighted by molar-refractivity contribution is -0.150. The van der Waals surface area contributed by atoms with Crippen LogP contribution in [0.5, 0.6) is 0 Å². The second kappa shape index (κ2) is 4.47. The van der Waals surface area contributed by atoms with Crippen LogP contribution in [0.1, 0.15) is 34.1 Å². The maximum absolute atomic E-state index is 12.8. The van der Waals surface area contributed by atoms with Crippen molar-refractivity contribution in [3.8, 4) is 0 Å². The molecule has 3 aliphatic rings. The Hall–Kier alpha value is -1.06. The maximum atomic E-state index is 12.8. The average Bonchev–Trinajstić information content (AvgIpc) is 3.06. The molecule has 20 heavy (non-hydrogen) atoms. The largest absolute Gasteiger partial charge is 0.342 e. The molecule has 0 aromatic heterocycles. The van der Waals surface area contributed by atoms with Crippen molar-refractivity contribution in [3.63, 3.8) is 0 Å². The minimum Gasteiger partial charge on any atom is -0.342 e. The summed E-state index contributed by atoms with van der Waals surface area (Å²) < 4.78 is 0. The van der Waals surface area contributed by atoms with Crippen molar-refractivity contribution in [3.05, 3.63) is 0 Å². The summed E-state index contributed by atoms with van der Waals surface area (Å²) in [6.07, 6.45) is 0.762. The lowest BCUT2D eigenvalue weighted by atomic mass is 9.85. The molecule has 2 amide bonds. The van der Waals surface area contributed by atoms with Crippen molar-refractivity contribution in [2.24, 2.45) is 29.1 Å². The lowest BCUT2D eigenvalue weighted by Crippen LogP contribution is -2.54. The molecular formula is C16H26N2O2. The number of nitrogens with zero attached hydrogens (tertiary/aromatic N) is 2. The van der Waals surface area contributed by atoms with Gasteiger partial charge in [-0.15, -0.1) is 0 Å². The van der Waals surface area contributed by atoms with E-state index in [1.54, 1.807) is 0 Å². The third kappa shape index (κ3) is 1.87. The Balaban J connectivity index is 1.69. The molecule has 0 radical (unpaired) electrons. The second-order valence-electron chi connectivity index (χ2n) is 7.62. The van der Waals surface area contributed by atoms with Crippen LogP contribution in [0, 0.1) is 29.1 Å².